The van der Waals surface area contributed by atoms with Gasteiger partial charge in [0.2, 0.25) is 11.8 Å². The summed E-state index contributed by atoms with van der Waals surface area (Å²) in [5.74, 6) is 1.04. The van der Waals surface area contributed by atoms with Crippen molar-refractivity contribution < 1.29 is 9.47 Å². The smallest absolute Gasteiger partial charge is 0.225 e. The molecule has 106 valence electrons. The van der Waals surface area contributed by atoms with Gasteiger partial charge in [0, 0.05) is 9.26 Å². The Balaban J connectivity index is 2.22. The van der Waals surface area contributed by atoms with Crippen molar-refractivity contribution in [3.05, 3.63) is 39.2 Å². The Labute approximate surface area is 131 Å². The molecule has 6 heteroatoms. The van der Waals surface area contributed by atoms with E-state index in [2.05, 4.69) is 63.0 Å². The summed E-state index contributed by atoms with van der Waals surface area (Å²) in [6.07, 6.45) is 1.43. The van der Waals surface area contributed by atoms with Crippen LogP contribution in [0.4, 0.5) is 5.69 Å². The van der Waals surface area contributed by atoms with E-state index in [1.807, 2.05) is 0 Å². The van der Waals surface area contributed by atoms with Crippen molar-refractivity contribution >= 4 is 28.3 Å². The lowest BCUT2D eigenvalue weighted by Gasteiger charge is -2.13. The molecular weight excluding hydrogens is 369 g/mol. The Hall–Kier alpha value is -1.57. The Morgan fingerprint density at radius 2 is 1.80 bits per heavy atom. The van der Waals surface area contributed by atoms with E-state index in [4.69, 9.17) is 9.47 Å². The Kier molecular flexibility index (Phi) is 4.99. The molecule has 0 atom stereocenters. The number of hydrogen-bond donors (Lipinski definition) is 1. The number of aromatic nitrogens is 2. The van der Waals surface area contributed by atoms with Gasteiger partial charge >= 0.3 is 0 Å². The number of rotatable bonds is 5. The summed E-state index contributed by atoms with van der Waals surface area (Å²) in [6.45, 7) is 2.61. The van der Waals surface area contributed by atoms with Gasteiger partial charge < -0.3 is 14.8 Å². The predicted octanol–water partition coefficient (Wildman–Crippen LogP) is 3.02. The zero-order valence-electron chi connectivity index (χ0n) is 11.6. The Bertz CT molecular complexity index is 583. The van der Waals surface area contributed by atoms with Gasteiger partial charge in [-0.25, -0.2) is 9.97 Å². The van der Waals surface area contributed by atoms with Crippen LogP contribution in [0.1, 0.15) is 11.1 Å². The zero-order valence-corrected chi connectivity index (χ0v) is 13.8. The number of halogens is 1. The molecule has 0 spiro atoms. The number of anilines is 1. The monoisotopic (exact) mass is 385 g/mol. The maximum atomic E-state index is 5.25. The van der Waals surface area contributed by atoms with Gasteiger partial charge in [0.25, 0.3) is 0 Å². The lowest BCUT2D eigenvalue weighted by Crippen LogP contribution is -2.07. The third kappa shape index (κ3) is 3.30. The van der Waals surface area contributed by atoms with Crippen LogP contribution in [0.3, 0.4) is 0 Å². The second-order valence-corrected chi connectivity index (χ2v) is 5.43. The third-order valence-electron chi connectivity index (χ3n) is 2.90. The van der Waals surface area contributed by atoms with E-state index in [0.717, 1.165) is 11.3 Å². The van der Waals surface area contributed by atoms with Crippen molar-refractivity contribution in [3.63, 3.8) is 0 Å². The van der Waals surface area contributed by atoms with Crippen molar-refractivity contribution in [1.82, 2.24) is 9.97 Å². The van der Waals surface area contributed by atoms with Gasteiger partial charge in [0.15, 0.2) is 0 Å². The number of nitrogens with zero attached hydrogens (tertiary/aromatic N) is 2. The summed E-state index contributed by atoms with van der Waals surface area (Å²) in [5, 5.41) is 3.36. The van der Waals surface area contributed by atoms with Crippen molar-refractivity contribution in [1.29, 1.82) is 0 Å². The molecule has 20 heavy (non-hydrogen) atoms. The first-order valence-corrected chi connectivity index (χ1v) is 7.15. The number of nitrogens with one attached hydrogen (secondary N) is 1. The van der Waals surface area contributed by atoms with Crippen LogP contribution >= 0.6 is 22.6 Å². The van der Waals surface area contributed by atoms with E-state index < -0.39 is 0 Å². The molecule has 0 fully saturated rings. The molecule has 5 nitrogen and oxygen atoms in total. The van der Waals surface area contributed by atoms with Crippen molar-refractivity contribution in [2.24, 2.45) is 0 Å². The highest BCUT2D eigenvalue weighted by Gasteiger charge is 2.12. The van der Waals surface area contributed by atoms with Crippen molar-refractivity contribution in [2.75, 3.05) is 19.5 Å². The van der Waals surface area contributed by atoms with Gasteiger partial charge in [-0.05, 0) is 53.3 Å². The average molecular weight is 385 g/mol. The lowest BCUT2D eigenvalue weighted by molar-refractivity contribution is 0.363. The minimum absolute atomic E-state index is 0.521. The number of aryl methyl sites for hydroxylation is 1. The summed E-state index contributed by atoms with van der Waals surface area (Å²) in [6, 6.07) is 6.24. The van der Waals surface area contributed by atoms with E-state index in [0.29, 0.717) is 18.3 Å². The van der Waals surface area contributed by atoms with Crippen LogP contribution in [0.25, 0.3) is 0 Å². The normalized spacial score (nSPS) is 10.2. The number of methoxy groups -OCH3 is 2. The molecule has 0 saturated heterocycles. The van der Waals surface area contributed by atoms with E-state index >= 15 is 0 Å². The van der Waals surface area contributed by atoms with Gasteiger partial charge in [0.05, 0.1) is 26.3 Å². The number of ether oxygens (including phenoxy) is 2. The molecule has 0 aliphatic carbocycles. The van der Waals surface area contributed by atoms with Crippen LogP contribution < -0.4 is 14.8 Å². The molecule has 1 heterocycles. The molecule has 0 unspecified atom stereocenters. The van der Waals surface area contributed by atoms with Crippen molar-refractivity contribution in [3.8, 4) is 11.8 Å². The summed E-state index contributed by atoms with van der Waals surface area (Å²) in [4.78, 5) is 8.20. The lowest BCUT2D eigenvalue weighted by atomic mass is 10.2. The van der Waals surface area contributed by atoms with Gasteiger partial charge in [-0.1, -0.05) is 0 Å². The quantitative estimate of drug-likeness (QED) is 0.802. The molecule has 0 aliphatic heterocycles. The molecule has 0 amide bonds. The van der Waals surface area contributed by atoms with Crippen LogP contribution in [0.15, 0.2) is 24.5 Å². The number of hydrogen-bond acceptors (Lipinski definition) is 5. The van der Waals surface area contributed by atoms with Crippen LogP contribution in [0, 0.1) is 10.5 Å². The zero-order chi connectivity index (χ0) is 14.5. The molecule has 0 saturated carbocycles. The van der Waals surface area contributed by atoms with Gasteiger partial charge in [0.1, 0.15) is 6.33 Å². The fraction of sp³-hybridized carbons (Fsp3) is 0.286. The minimum Gasteiger partial charge on any atom is -0.481 e. The van der Waals surface area contributed by atoms with Crippen molar-refractivity contribution in [2.45, 2.75) is 13.5 Å². The standard InChI is InChI=1S/C14H16IN3O2/c1-9-6-10(15)4-5-12(9)16-7-11-13(19-2)17-8-18-14(11)20-3/h4-6,8,16H,7H2,1-3H3. The predicted molar refractivity (Wildman–Crippen MR) is 86.4 cm³/mol. The van der Waals surface area contributed by atoms with Crippen LogP contribution in [0.5, 0.6) is 11.8 Å². The summed E-state index contributed by atoms with van der Waals surface area (Å²) in [5.41, 5.74) is 3.06. The Morgan fingerprint density at radius 3 is 2.35 bits per heavy atom. The molecule has 1 aromatic heterocycles. The number of benzene rings is 1. The molecule has 0 aliphatic rings. The maximum absolute atomic E-state index is 5.25. The minimum atomic E-state index is 0.521. The SMILES string of the molecule is COc1ncnc(OC)c1CNc1ccc(I)cc1C. The van der Waals surface area contributed by atoms with Gasteiger partial charge in [-0.3, -0.25) is 0 Å². The Morgan fingerprint density at radius 1 is 1.15 bits per heavy atom. The molecule has 1 aromatic carbocycles. The van der Waals surface area contributed by atoms with Gasteiger partial charge in [-0.2, -0.15) is 0 Å². The first kappa shape index (κ1) is 14.8. The summed E-state index contributed by atoms with van der Waals surface area (Å²) < 4.78 is 11.7. The molecule has 0 bridgehead atoms. The maximum Gasteiger partial charge on any atom is 0.225 e. The van der Waals surface area contributed by atoms with Crippen LogP contribution in [-0.4, -0.2) is 24.2 Å². The molecular formula is C14H16IN3O2. The topological polar surface area (TPSA) is 56.3 Å². The summed E-state index contributed by atoms with van der Waals surface area (Å²) in [7, 11) is 3.17. The summed E-state index contributed by atoms with van der Waals surface area (Å²) >= 11 is 2.30. The molecule has 2 rings (SSSR count). The highest BCUT2D eigenvalue weighted by Crippen LogP contribution is 2.25. The first-order chi connectivity index (χ1) is 9.65. The first-order valence-electron chi connectivity index (χ1n) is 6.07. The third-order valence-corrected chi connectivity index (χ3v) is 3.57. The molecule has 1 N–H and O–H groups in total. The fourth-order valence-corrected chi connectivity index (χ4v) is 2.54. The fourth-order valence-electron chi connectivity index (χ4n) is 1.89. The second-order valence-electron chi connectivity index (χ2n) is 4.18. The largest absolute Gasteiger partial charge is 0.481 e. The van der Waals surface area contributed by atoms with E-state index in [1.54, 1.807) is 14.2 Å². The highest BCUT2D eigenvalue weighted by molar-refractivity contribution is 14.1. The van der Waals surface area contributed by atoms with Crippen LogP contribution in [0.2, 0.25) is 0 Å². The van der Waals surface area contributed by atoms with E-state index in [9.17, 15) is 0 Å². The van der Waals surface area contributed by atoms with Gasteiger partial charge in [-0.15, -0.1) is 0 Å². The highest BCUT2D eigenvalue weighted by atomic mass is 127. The molecule has 2 aromatic rings. The average Bonchev–Trinajstić information content (AvgIpc) is 2.46. The second kappa shape index (κ2) is 6.74. The van der Waals surface area contributed by atoms with Crippen LogP contribution in [-0.2, 0) is 6.54 Å². The van der Waals surface area contributed by atoms with E-state index in [-0.39, 0.29) is 0 Å². The van der Waals surface area contributed by atoms with E-state index in [1.165, 1.54) is 15.5 Å². The molecule has 0 radical (unpaired) electrons.